The number of ether oxygens (including phenoxy) is 2. The molecule has 0 unspecified atom stereocenters. The molecule has 1 heterocycles. The number of methoxy groups -OCH3 is 2. The van der Waals surface area contributed by atoms with E-state index >= 15 is 0 Å². The van der Waals surface area contributed by atoms with Gasteiger partial charge in [0.15, 0.2) is 0 Å². The molecule has 9 nitrogen and oxygen atoms in total. The van der Waals surface area contributed by atoms with Crippen molar-refractivity contribution in [1.29, 1.82) is 0 Å². The highest BCUT2D eigenvalue weighted by molar-refractivity contribution is 7.99. The van der Waals surface area contributed by atoms with E-state index in [1.165, 1.54) is 12.0 Å². The third kappa shape index (κ3) is 6.97. The number of nitrogens with one attached hydrogen (secondary N) is 2. The summed E-state index contributed by atoms with van der Waals surface area (Å²) in [5.74, 6) is 0.348. The molecule has 5 aromatic rings. The van der Waals surface area contributed by atoms with Gasteiger partial charge in [0.1, 0.15) is 17.5 Å². The number of benzene rings is 5. The molecular formula is C40H40N4O5S. The Bertz CT molecular complexity index is 2040. The van der Waals surface area contributed by atoms with Crippen LogP contribution >= 0.6 is 11.8 Å². The molecule has 5 aromatic carbocycles. The van der Waals surface area contributed by atoms with Crippen molar-refractivity contribution in [1.82, 2.24) is 4.90 Å². The fourth-order valence-electron chi connectivity index (χ4n) is 6.28. The number of nitrogens with zero attached hydrogens (tertiary/aromatic N) is 1. The van der Waals surface area contributed by atoms with E-state index in [2.05, 4.69) is 22.8 Å². The Morgan fingerprint density at radius 2 is 1.46 bits per heavy atom. The maximum absolute atomic E-state index is 14.2. The molecule has 4 N–H and O–H groups in total. The Labute approximate surface area is 296 Å². The molecule has 0 bridgehead atoms. The molecule has 1 aliphatic rings. The van der Waals surface area contributed by atoms with Crippen LogP contribution in [-0.4, -0.2) is 55.2 Å². The summed E-state index contributed by atoms with van der Waals surface area (Å²) in [6, 6.07) is 29.1. The van der Waals surface area contributed by atoms with Gasteiger partial charge in [-0.05, 0) is 78.1 Å². The maximum Gasteiger partial charge on any atom is 0.262 e. The molecule has 0 aromatic heterocycles. The Balaban J connectivity index is 1.25. The van der Waals surface area contributed by atoms with E-state index in [4.69, 9.17) is 15.2 Å². The first-order chi connectivity index (χ1) is 24.2. The minimum absolute atomic E-state index is 0.00800. The van der Waals surface area contributed by atoms with Crippen molar-refractivity contribution in [2.24, 2.45) is 5.92 Å². The lowest BCUT2D eigenvalue weighted by Gasteiger charge is -2.34. The van der Waals surface area contributed by atoms with Gasteiger partial charge in [0.2, 0.25) is 5.91 Å². The number of nitrogens with two attached hydrogens (primary N) is 1. The van der Waals surface area contributed by atoms with Crippen LogP contribution < -0.4 is 25.8 Å². The van der Waals surface area contributed by atoms with Gasteiger partial charge in [0, 0.05) is 44.8 Å². The molecule has 0 aliphatic carbocycles. The summed E-state index contributed by atoms with van der Waals surface area (Å²) in [6.07, 6.45) is 0.277. The van der Waals surface area contributed by atoms with Crippen LogP contribution in [0, 0.1) is 5.92 Å². The van der Waals surface area contributed by atoms with Crippen LogP contribution in [0.3, 0.4) is 0 Å². The van der Waals surface area contributed by atoms with Crippen molar-refractivity contribution < 1.29 is 23.9 Å². The fraction of sp³-hybridized carbons (Fsp3) is 0.225. The molecular weight excluding hydrogens is 649 g/mol. The molecule has 10 heteroatoms. The number of imide groups is 1. The van der Waals surface area contributed by atoms with Crippen molar-refractivity contribution in [2.45, 2.75) is 31.2 Å². The van der Waals surface area contributed by atoms with E-state index in [9.17, 15) is 14.4 Å². The van der Waals surface area contributed by atoms with E-state index in [0.29, 0.717) is 45.9 Å². The number of anilines is 3. The lowest BCUT2D eigenvalue weighted by Crippen LogP contribution is -2.52. The molecule has 0 radical (unpaired) electrons. The Morgan fingerprint density at radius 3 is 2.16 bits per heavy atom. The van der Waals surface area contributed by atoms with Crippen LogP contribution in [0.5, 0.6) is 11.5 Å². The van der Waals surface area contributed by atoms with Crippen molar-refractivity contribution in [3.8, 4) is 22.6 Å². The van der Waals surface area contributed by atoms with Gasteiger partial charge in [-0.3, -0.25) is 19.3 Å². The van der Waals surface area contributed by atoms with Crippen LogP contribution in [0.2, 0.25) is 0 Å². The molecule has 50 heavy (non-hydrogen) atoms. The highest BCUT2D eigenvalue weighted by Crippen LogP contribution is 2.37. The SMILES string of the molecule is COc1cc(-c2ccc(NC(=O)[C@H](CC(C)C)N3C(=O)c4cccc5c(NCCSc6ccccc6)ccc(c45)C3=O)c(OC)c2)ccc1N. The first-order valence-electron chi connectivity index (χ1n) is 16.5. The van der Waals surface area contributed by atoms with Gasteiger partial charge in [-0.15, -0.1) is 11.8 Å². The second-order valence-electron chi connectivity index (χ2n) is 12.5. The van der Waals surface area contributed by atoms with Crippen molar-refractivity contribution in [3.05, 3.63) is 108 Å². The number of carbonyl (C=O) groups is 3. The molecule has 1 aliphatic heterocycles. The van der Waals surface area contributed by atoms with Crippen molar-refractivity contribution in [2.75, 3.05) is 42.9 Å². The minimum Gasteiger partial charge on any atom is -0.495 e. The summed E-state index contributed by atoms with van der Waals surface area (Å²) in [6.45, 7) is 4.61. The molecule has 0 fully saturated rings. The molecule has 256 valence electrons. The highest BCUT2D eigenvalue weighted by atomic mass is 32.2. The summed E-state index contributed by atoms with van der Waals surface area (Å²) in [7, 11) is 3.08. The minimum atomic E-state index is -1.06. The lowest BCUT2D eigenvalue weighted by molar-refractivity contribution is -0.120. The monoisotopic (exact) mass is 688 g/mol. The van der Waals surface area contributed by atoms with Gasteiger partial charge in [-0.2, -0.15) is 0 Å². The average molecular weight is 689 g/mol. The second kappa shape index (κ2) is 15.0. The molecule has 6 rings (SSSR count). The number of amides is 3. The first-order valence-corrected chi connectivity index (χ1v) is 17.5. The van der Waals surface area contributed by atoms with Crippen LogP contribution in [0.4, 0.5) is 17.1 Å². The van der Waals surface area contributed by atoms with Crippen LogP contribution in [-0.2, 0) is 4.79 Å². The standard InChI is InChI=1S/C40H40N4O5S/c1-24(2)21-34(38(45)43-33-17-14-26(23-36(33)49-4)25-13-16-31(41)35(22-25)48-3)44-39(46)29-12-8-11-28-32(18-15-30(37(28)29)40(44)47)42-19-20-50-27-9-6-5-7-10-27/h5-18,22-24,34,42H,19-21,41H2,1-4H3,(H,43,45)/t34-/m0/s1. The predicted molar refractivity (Wildman–Crippen MR) is 201 cm³/mol. The van der Waals surface area contributed by atoms with Gasteiger partial charge < -0.3 is 25.8 Å². The Hall–Kier alpha value is -5.48. The average Bonchev–Trinajstić information content (AvgIpc) is 3.12. The molecule has 0 saturated heterocycles. The van der Waals surface area contributed by atoms with Gasteiger partial charge in [0.25, 0.3) is 11.8 Å². The fourth-order valence-corrected chi connectivity index (χ4v) is 7.07. The topological polar surface area (TPSA) is 123 Å². The van der Waals surface area contributed by atoms with Crippen LogP contribution in [0.1, 0.15) is 41.0 Å². The van der Waals surface area contributed by atoms with E-state index in [0.717, 1.165) is 32.9 Å². The zero-order valence-corrected chi connectivity index (χ0v) is 29.3. The summed E-state index contributed by atoms with van der Waals surface area (Å²) < 4.78 is 11.0. The zero-order chi connectivity index (χ0) is 35.4. The summed E-state index contributed by atoms with van der Waals surface area (Å²) in [5.41, 5.74) is 10.2. The number of rotatable bonds is 13. The zero-order valence-electron chi connectivity index (χ0n) is 28.5. The summed E-state index contributed by atoms with van der Waals surface area (Å²) >= 11 is 1.75. The highest BCUT2D eigenvalue weighted by Gasteiger charge is 2.41. The molecule has 3 amide bonds. The van der Waals surface area contributed by atoms with Gasteiger partial charge in [-0.25, -0.2) is 0 Å². The normalized spacial score (nSPS) is 13.0. The lowest BCUT2D eigenvalue weighted by atomic mass is 9.90. The quantitative estimate of drug-likeness (QED) is 0.0493. The predicted octanol–water partition coefficient (Wildman–Crippen LogP) is 7.96. The van der Waals surface area contributed by atoms with E-state index < -0.39 is 23.8 Å². The van der Waals surface area contributed by atoms with E-state index in [-0.39, 0.29) is 12.3 Å². The van der Waals surface area contributed by atoms with Crippen molar-refractivity contribution in [3.63, 3.8) is 0 Å². The second-order valence-corrected chi connectivity index (χ2v) is 13.6. The van der Waals surface area contributed by atoms with Gasteiger partial charge in [-0.1, -0.05) is 56.3 Å². The number of thioether (sulfide) groups is 1. The van der Waals surface area contributed by atoms with E-state index in [1.807, 2.05) is 68.4 Å². The summed E-state index contributed by atoms with van der Waals surface area (Å²) in [5, 5.41) is 7.82. The molecule has 0 saturated carbocycles. The van der Waals surface area contributed by atoms with E-state index in [1.54, 1.807) is 49.2 Å². The maximum atomic E-state index is 14.2. The number of hydrogen-bond donors (Lipinski definition) is 3. The largest absolute Gasteiger partial charge is 0.495 e. The van der Waals surface area contributed by atoms with Gasteiger partial charge >= 0.3 is 0 Å². The smallest absolute Gasteiger partial charge is 0.262 e. The Kier molecular flexibility index (Phi) is 10.3. The first kappa shape index (κ1) is 34.4. The Morgan fingerprint density at radius 1 is 0.800 bits per heavy atom. The van der Waals surface area contributed by atoms with Crippen LogP contribution in [0.15, 0.2) is 102 Å². The van der Waals surface area contributed by atoms with Gasteiger partial charge in [0.05, 0.1) is 25.6 Å². The third-order valence-electron chi connectivity index (χ3n) is 8.70. The number of hydrogen-bond acceptors (Lipinski definition) is 8. The number of nitrogen functional groups attached to an aromatic ring is 1. The summed E-state index contributed by atoms with van der Waals surface area (Å²) in [4.78, 5) is 44.8. The third-order valence-corrected chi connectivity index (χ3v) is 9.72. The molecule has 1 atom stereocenters. The number of carbonyl (C=O) groups excluding carboxylic acids is 3. The van der Waals surface area contributed by atoms with Crippen LogP contribution in [0.25, 0.3) is 21.9 Å². The van der Waals surface area contributed by atoms with Crippen molar-refractivity contribution >= 4 is 57.3 Å². The molecule has 0 spiro atoms.